The molecule has 0 amide bonds. The van der Waals surface area contributed by atoms with Crippen molar-refractivity contribution in [1.29, 1.82) is 0 Å². The molecule has 0 fully saturated rings. The summed E-state index contributed by atoms with van der Waals surface area (Å²) in [4.78, 5) is 4.39. The lowest BCUT2D eigenvalue weighted by Gasteiger charge is -2.09. The highest BCUT2D eigenvalue weighted by Crippen LogP contribution is 2.29. The van der Waals surface area contributed by atoms with Crippen LogP contribution >= 0.6 is 11.8 Å². The van der Waals surface area contributed by atoms with Gasteiger partial charge in [0.15, 0.2) is 0 Å². The maximum absolute atomic E-state index is 12.3. The Bertz CT molecular complexity index is 1180. The van der Waals surface area contributed by atoms with Crippen molar-refractivity contribution in [3.63, 3.8) is 0 Å². The van der Waals surface area contributed by atoms with Crippen molar-refractivity contribution in [1.82, 2.24) is 30.3 Å². The highest BCUT2D eigenvalue weighted by atomic mass is 32.2. The molecule has 0 N–H and O–H groups in total. The lowest BCUT2D eigenvalue weighted by Crippen LogP contribution is -2.17. The van der Waals surface area contributed by atoms with E-state index in [4.69, 9.17) is 9.26 Å². The normalized spacial score (nSPS) is 11.5. The number of hydrogen-bond acceptors (Lipinski definition) is 9. The Balaban J connectivity index is 1.45. The Kier molecular flexibility index (Phi) is 6.25. The molecule has 0 saturated heterocycles. The van der Waals surface area contributed by atoms with Gasteiger partial charge in [-0.25, -0.2) is 0 Å². The summed E-state index contributed by atoms with van der Waals surface area (Å²) in [6.07, 6.45) is -4.76. The Morgan fingerprint density at radius 3 is 2.62 bits per heavy atom. The summed E-state index contributed by atoms with van der Waals surface area (Å²) >= 11 is 1.23. The van der Waals surface area contributed by atoms with Crippen molar-refractivity contribution in [2.24, 2.45) is 0 Å². The lowest BCUT2D eigenvalue weighted by molar-refractivity contribution is -0.274. The van der Waals surface area contributed by atoms with Gasteiger partial charge in [0.1, 0.15) is 11.5 Å². The molecule has 13 heteroatoms. The van der Waals surface area contributed by atoms with Crippen molar-refractivity contribution in [2.75, 3.05) is 6.61 Å². The minimum Gasteiger partial charge on any atom is -0.493 e. The van der Waals surface area contributed by atoms with Crippen LogP contribution in [0.3, 0.4) is 0 Å². The van der Waals surface area contributed by atoms with E-state index in [1.165, 1.54) is 40.7 Å². The van der Waals surface area contributed by atoms with E-state index in [9.17, 15) is 13.2 Å². The topological polar surface area (TPSA) is 101 Å². The standard InChI is InChI=1S/C19H15F3N6O3S/c1-2-29-15-6-4-3-5-14(15)17-23-16(31-25-17)11-32-18-24-26-27-28(18)12-7-9-13(10-8-12)30-19(20,21)22/h3-10H,2,11H2,1H3. The highest BCUT2D eigenvalue weighted by molar-refractivity contribution is 7.98. The third-order valence-electron chi connectivity index (χ3n) is 3.98. The first-order valence-corrected chi connectivity index (χ1v) is 10.2. The molecule has 32 heavy (non-hydrogen) atoms. The number of ether oxygens (including phenoxy) is 2. The number of tetrazole rings is 1. The third-order valence-corrected chi connectivity index (χ3v) is 4.88. The zero-order valence-corrected chi connectivity index (χ0v) is 17.3. The first kappa shape index (κ1) is 21.6. The molecule has 0 saturated carbocycles. The molecule has 2 aromatic carbocycles. The number of nitrogens with zero attached hydrogens (tertiary/aromatic N) is 6. The van der Waals surface area contributed by atoms with E-state index in [1.807, 2.05) is 31.2 Å². The van der Waals surface area contributed by atoms with Crippen molar-refractivity contribution >= 4 is 11.8 Å². The van der Waals surface area contributed by atoms with Crippen LogP contribution in [-0.2, 0) is 5.75 Å². The van der Waals surface area contributed by atoms with Crippen LogP contribution in [0.1, 0.15) is 12.8 Å². The molecule has 0 bridgehead atoms. The number of alkyl halides is 3. The Hall–Kier alpha value is -3.61. The van der Waals surface area contributed by atoms with E-state index in [1.54, 1.807) is 0 Å². The number of para-hydroxylation sites is 1. The van der Waals surface area contributed by atoms with Crippen molar-refractivity contribution < 1.29 is 27.2 Å². The van der Waals surface area contributed by atoms with Gasteiger partial charge >= 0.3 is 6.36 Å². The number of benzene rings is 2. The molecular weight excluding hydrogens is 449 g/mol. The average molecular weight is 464 g/mol. The van der Waals surface area contributed by atoms with Gasteiger partial charge in [0, 0.05) is 0 Å². The van der Waals surface area contributed by atoms with Crippen LogP contribution in [0.25, 0.3) is 17.1 Å². The van der Waals surface area contributed by atoms with Crippen LogP contribution in [0.15, 0.2) is 58.2 Å². The fourth-order valence-electron chi connectivity index (χ4n) is 2.70. The number of halogens is 3. The van der Waals surface area contributed by atoms with E-state index >= 15 is 0 Å². The molecule has 0 radical (unpaired) electrons. The molecule has 0 aliphatic heterocycles. The lowest BCUT2D eigenvalue weighted by atomic mass is 10.2. The summed E-state index contributed by atoms with van der Waals surface area (Å²) in [7, 11) is 0. The number of hydrogen-bond donors (Lipinski definition) is 0. The fraction of sp³-hybridized carbons (Fsp3) is 0.211. The van der Waals surface area contributed by atoms with Crippen LogP contribution < -0.4 is 9.47 Å². The summed E-state index contributed by atoms with van der Waals surface area (Å²) < 4.78 is 53.1. The van der Waals surface area contributed by atoms with E-state index in [-0.39, 0.29) is 11.5 Å². The monoisotopic (exact) mass is 464 g/mol. The van der Waals surface area contributed by atoms with Crippen LogP contribution in [0.5, 0.6) is 11.5 Å². The first-order valence-electron chi connectivity index (χ1n) is 9.25. The highest BCUT2D eigenvalue weighted by Gasteiger charge is 2.31. The van der Waals surface area contributed by atoms with Crippen LogP contribution in [0.4, 0.5) is 13.2 Å². The van der Waals surface area contributed by atoms with Crippen LogP contribution in [0, 0.1) is 0 Å². The smallest absolute Gasteiger partial charge is 0.493 e. The molecule has 0 aliphatic rings. The van der Waals surface area contributed by atoms with Crippen molar-refractivity contribution in [2.45, 2.75) is 24.2 Å². The number of aromatic nitrogens is 6. The molecule has 0 spiro atoms. The fourth-order valence-corrected chi connectivity index (χ4v) is 3.43. The van der Waals surface area contributed by atoms with Gasteiger partial charge < -0.3 is 14.0 Å². The molecular formula is C19H15F3N6O3S. The molecule has 4 rings (SSSR count). The Labute approximate surface area is 183 Å². The summed E-state index contributed by atoms with van der Waals surface area (Å²) in [5.74, 6) is 1.33. The van der Waals surface area contributed by atoms with Gasteiger partial charge in [-0.2, -0.15) is 9.67 Å². The molecule has 2 aromatic heterocycles. The summed E-state index contributed by atoms with van der Waals surface area (Å²) in [5, 5.41) is 15.8. The summed E-state index contributed by atoms with van der Waals surface area (Å²) in [6.45, 7) is 2.39. The minimum absolute atomic E-state index is 0.277. The van der Waals surface area contributed by atoms with Gasteiger partial charge in [-0.1, -0.05) is 29.1 Å². The summed E-state index contributed by atoms with van der Waals surface area (Å²) in [6, 6.07) is 12.5. The minimum atomic E-state index is -4.76. The summed E-state index contributed by atoms with van der Waals surface area (Å²) in [5.41, 5.74) is 1.17. The third kappa shape index (κ3) is 5.17. The van der Waals surface area contributed by atoms with Gasteiger partial charge in [-0.05, 0) is 53.7 Å². The van der Waals surface area contributed by atoms with E-state index in [0.717, 1.165) is 0 Å². The molecule has 166 valence electrons. The Morgan fingerprint density at radius 1 is 1.09 bits per heavy atom. The van der Waals surface area contributed by atoms with Gasteiger partial charge in [0.2, 0.25) is 16.9 Å². The molecule has 4 aromatic rings. The maximum Gasteiger partial charge on any atom is 0.573 e. The molecule has 0 atom stereocenters. The second-order valence-electron chi connectivity index (χ2n) is 6.14. The zero-order chi connectivity index (χ0) is 22.6. The maximum atomic E-state index is 12.3. The van der Waals surface area contributed by atoms with Crippen LogP contribution in [-0.4, -0.2) is 43.3 Å². The molecule has 0 unspecified atom stereocenters. The van der Waals surface area contributed by atoms with Crippen molar-refractivity contribution in [3.8, 4) is 28.6 Å². The van der Waals surface area contributed by atoms with E-state index < -0.39 is 6.36 Å². The quantitative estimate of drug-likeness (QED) is 0.353. The zero-order valence-electron chi connectivity index (χ0n) is 16.5. The first-order chi connectivity index (χ1) is 15.4. The number of thioether (sulfide) groups is 1. The van der Waals surface area contributed by atoms with Gasteiger partial charge in [0.25, 0.3) is 0 Å². The molecule has 0 aliphatic carbocycles. The number of rotatable bonds is 8. The van der Waals surface area contributed by atoms with Gasteiger partial charge in [-0.15, -0.1) is 18.3 Å². The van der Waals surface area contributed by atoms with E-state index in [0.29, 0.717) is 40.5 Å². The predicted molar refractivity (Wildman–Crippen MR) is 106 cm³/mol. The predicted octanol–water partition coefficient (Wildman–Crippen LogP) is 4.30. The molecule has 2 heterocycles. The largest absolute Gasteiger partial charge is 0.573 e. The SMILES string of the molecule is CCOc1ccccc1-c1noc(CSc2nnnn2-c2ccc(OC(F)(F)F)cc2)n1. The second-order valence-corrected chi connectivity index (χ2v) is 7.09. The van der Waals surface area contributed by atoms with E-state index in [2.05, 4.69) is 30.4 Å². The van der Waals surface area contributed by atoms with Gasteiger partial charge in [-0.3, -0.25) is 0 Å². The van der Waals surface area contributed by atoms with Gasteiger partial charge in [0.05, 0.1) is 23.6 Å². The average Bonchev–Trinajstić information content (AvgIpc) is 3.42. The second kappa shape index (κ2) is 9.26. The Morgan fingerprint density at radius 2 is 1.88 bits per heavy atom. The van der Waals surface area contributed by atoms with Crippen LogP contribution in [0.2, 0.25) is 0 Å². The van der Waals surface area contributed by atoms with Crippen molar-refractivity contribution in [3.05, 3.63) is 54.4 Å². The molecule has 9 nitrogen and oxygen atoms in total.